The van der Waals surface area contributed by atoms with Crippen LogP contribution in [0.5, 0.6) is 0 Å². The normalized spacial score (nSPS) is 19.8. The zero-order chi connectivity index (χ0) is 16.6. The largest absolute Gasteiger partial charge is 0.378 e. The number of likely N-dealkylation sites (tertiary alicyclic amines) is 1. The van der Waals surface area contributed by atoms with Gasteiger partial charge in [0.2, 0.25) is 5.91 Å². The third kappa shape index (κ3) is 5.29. The average Bonchev–Trinajstić information content (AvgIpc) is 3.11. The predicted octanol–water partition coefficient (Wildman–Crippen LogP) is 1.91. The Balaban J connectivity index is 1.39. The molecule has 0 unspecified atom stereocenters. The number of hydrogen-bond acceptors (Lipinski definition) is 6. The Kier molecular flexibility index (Phi) is 6.63. The number of nitrogens with one attached hydrogen (secondary N) is 1. The maximum atomic E-state index is 11.9. The molecule has 24 heavy (non-hydrogen) atoms. The van der Waals surface area contributed by atoms with Gasteiger partial charge in [-0.15, -0.1) is 11.3 Å². The number of piperidine rings is 1. The highest BCUT2D eigenvalue weighted by Gasteiger charge is 2.13. The van der Waals surface area contributed by atoms with Crippen molar-refractivity contribution in [3.8, 4) is 0 Å². The molecule has 7 heteroatoms. The fourth-order valence-corrected chi connectivity index (χ4v) is 3.96. The summed E-state index contributed by atoms with van der Waals surface area (Å²) in [4.78, 5) is 17.6. The first-order valence-electron chi connectivity index (χ1n) is 8.78. The minimum atomic E-state index is -0.0122. The number of carbonyl (C=O) groups excluding carboxylic acids is 1. The Hall–Kier alpha value is -1.44. The van der Waals surface area contributed by atoms with Crippen LogP contribution in [0.2, 0.25) is 0 Å². The van der Waals surface area contributed by atoms with Gasteiger partial charge in [-0.3, -0.25) is 4.79 Å². The van der Waals surface area contributed by atoms with E-state index in [4.69, 9.17) is 4.74 Å². The smallest absolute Gasteiger partial charge is 0.241 e. The highest BCUT2D eigenvalue weighted by molar-refractivity contribution is 7.17. The standard InChI is InChI=1S/C17H26N4O2S/c22-16(6-9-20-7-2-1-3-8-20)19-18-14-15-4-5-17(24-15)21-10-12-23-13-11-21/h4-5,14H,1-3,6-13H2,(H,19,22)/b18-14+. The van der Waals surface area contributed by atoms with E-state index in [0.717, 1.165) is 50.8 Å². The number of anilines is 1. The van der Waals surface area contributed by atoms with Gasteiger partial charge in [0.05, 0.1) is 24.4 Å². The van der Waals surface area contributed by atoms with Gasteiger partial charge in [-0.1, -0.05) is 6.42 Å². The van der Waals surface area contributed by atoms with Gasteiger partial charge >= 0.3 is 0 Å². The van der Waals surface area contributed by atoms with Crippen molar-refractivity contribution in [1.82, 2.24) is 10.3 Å². The fraction of sp³-hybridized carbons (Fsp3) is 0.647. The number of amides is 1. The van der Waals surface area contributed by atoms with Crippen LogP contribution in [0.4, 0.5) is 5.00 Å². The Labute approximate surface area is 147 Å². The van der Waals surface area contributed by atoms with Crippen molar-refractivity contribution in [2.45, 2.75) is 25.7 Å². The molecule has 0 atom stereocenters. The highest BCUT2D eigenvalue weighted by atomic mass is 32.1. The summed E-state index contributed by atoms with van der Waals surface area (Å²) in [5.74, 6) is -0.0122. The van der Waals surface area contributed by atoms with E-state index in [1.165, 1.54) is 24.3 Å². The average molecular weight is 350 g/mol. The summed E-state index contributed by atoms with van der Waals surface area (Å²) >= 11 is 1.69. The van der Waals surface area contributed by atoms with Crippen molar-refractivity contribution >= 4 is 28.5 Å². The molecule has 1 aromatic rings. The first kappa shape index (κ1) is 17.4. The minimum absolute atomic E-state index is 0.0122. The number of hydrazone groups is 1. The van der Waals surface area contributed by atoms with Gasteiger partial charge in [0, 0.05) is 30.9 Å². The lowest BCUT2D eigenvalue weighted by atomic mass is 10.1. The first-order chi connectivity index (χ1) is 11.8. The zero-order valence-corrected chi connectivity index (χ0v) is 14.9. The monoisotopic (exact) mass is 350 g/mol. The number of ether oxygens (including phenoxy) is 1. The molecule has 0 aromatic carbocycles. The number of morpholine rings is 1. The number of hydrogen-bond donors (Lipinski definition) is 1. The van der Waals surface area contributed by atoms with E-state index in [1.807, 2.05) is 6.07 Å². The maximum absolute atomic E-state index is 11.9. The molecule has 1 aromatic heterocycles. The van der Waals surface area contributed by atoms with Crippen molar-refractivity contribution in [1.29, 1.82) is 0 Å². The van der Waals surface area contributed by atoms with Crippen LogP contribution in [0, 0.1) is 0 Å². The molecule has 132 valence electrons. The van der Waals surface area contributed by atoms with Crippen LogP contribution < -0.4 is 10.3 Å². The summed E-state index contributed by atoms with van der Waals surface area (Å²) in [6.07, 6.45) is 6.07. The number of thiophene rings is 1. The van der Waals surface area contributed by atoms with Gasteiger partial charge in [-0.25, -0.2) is 5.43 Å². The SMILES string of the molecule is O=C(CCN1CCCCC1)N/N=C/c1ccc(N2CCOCC2)s1. The molecule has 0 radical (unpaired) electrons. The van der Waals surface area contributed by atoms with Gasteiger partial charge in [0.1, 0.15) is 0 Å². The summed E-state index contributed by atoms with van der Waals surface area (Å²) in [7, 11) is 0. The topological polar surface area (TPSA) is 57.2 Å². The highest BCUT2D eigenvalue weighted by Crippen LogP contribution is 2.25. The lowest BCUT2D eigenvalue weighted by molar-refractivity contribution is -0.121. The van der Waals surface area contributed by atoms with E-state index in [0.29, 0.717) is 6.42 Å². The molecule has 0 aliphatic carbocycles. The van der Waals surface area contributed by atoms with Crippen molar-refractivity contribution in [3.05, 3.63) is 17.0 Å². The van der Waals surface area contributed by atoms with Crippen LogP contribution in [0.3, 0.4) is 0 Å². The van der Waals surface area contributed by atoms with Crippen molar-refractivity contribution in [2.24, 2.45) is 5.10 Å². The second-order valence-corrected chi connectivity index (χ2v) is 7.31. The molecule has 0 saturated carbocycles. The van der Waals surface area contributed by atoms with Gasteiger partial charge in [-0.05, 0) is 38.1 Å². The van der Waals surface area contributed by atoms with Crippen LogP contribution in [-0.4, -0.2) is 63.0 Å². The second kappa shape index (κ2) is 9.15. The van der Waals surface area contributed by atoms with Crippen molar-refractivity contribution in [2.75, 3.05) is 50.8 Å². The molecular formula is C17H26N4O2S. The van der Waals surface area contributed by atoms with Gasteiger partial charge < -0.3 is 14.5 Å². The molecule has 6 nitrogen and oxygen atoms in total. The second-order valence-electron chi connectivity index (χ2n) is 6.22. The van der Waals surface area contributed by atoms with E-state index < -0.39 is 0 Å². The van der Waals surface area contributed by atoms with Crippen LogP contribution in [0.25, 0.3) is 0 Å². The predicted molar refractivity (Wildman–Crippen MR) is 98.0 cm³/mol. The third-order valence-electron chi connectivity index (χ3n) is 4.42. The molecule has 2 aliphatic heterocycles. The van der Waals surface area contributed by atoms with Gasteiger partial charge in [-0.2, -0.15) is 5.10 Å². The molecular weight excluding hydrogens is 324 g/mol. The molecule has 0 bridgehead atoms. The molecule has 2 aliphatic rings. The lowest BCUT2D eigenvalue weighted by Gasteiger charge is -2.27. The molecule has 2 saturated heterocycles. The molecule has 1 N–H and O–H groups in total. The number of rotatable bonds is 6. The summed E-state index contributed by atoms with van der Waals surface area (Å²) in [6, 6.07) is 4.15. The first-order valence-corrected chi connectivity index (χ1v) is 9.60. The Morgan fingerprint density at radius 3 is 2.79 bits per heavy atom. The Morgan fingerprint density at radius 1 is 1.21 bits per heavy atom. The van der Waals surface area contributed by atoms with E-state index in [2.05, 4.69) is 26.4 Å². The van der Waals surface area contributed by atoms with Crippen molar-refractivity contribution < 1.29 is 9.53 Å². The number of carbonyl (C=O) groups is 1. The number of nitrogens with zero attached hydrogens (tertiary/aromatic N) is 3. The lowest BCUT2D eigenvalue weighted by Crippen LogP contribution is -2.35. The maximum Gasteiger partial charge on any atom is 0.241 e. The van der Waals surface area contributed by atoms with E-state index in [-0.39, 0.29) is 5.91 Å². The minimum Gasteiger partial charge on any atom is -0.378 e. The summed E-state index contributed by atoms with van der Waals surface area (Å²) in [5.41, 5.74) is 2.64. The Morgan fingerprint density at radius 2 is 2.00 bits per heavy atom. The zero-order valence-electron chi connectivity index (χ0n) is 14.1. The Bertz CT molecular complexity index is 549. The van der Waals surface area contributed by atoms with E-state index >= 15 is 0 Å². The third-order valence-corrected chi connectivity index (χ3v) is 5.50. The fourth-order valence-electron chi connectivity index (χ4n) is 3.03. The van der Waals surface area contributed by atoms with Crippen LogP contribution in [0.15, 0.2) is 17.2 Å². The van der Waals surface area contributed by atoms with Gasteiger partial charge in [0.15, 0.2) is 0 Å². The molecule has 3 rings (SSSR count). The van der Waals surface area contributed by atoms with Crippen LogP contribution in [0.1, 0.15) is 30.6 Å². The summed E-state index contributed by atoms with van der Waals surface area (Å²) in [5, 5.41) is 5.32. The van der Waals surface area contributed by atoms with E-state index in [9.17, 15) is 4.79 Å². The quantitative estimate of drug-likeness (QED) is 0.629. The molecule has 1 amide bonds. The van der Waals surface area contributed by atoms with Crippen LogP contribution in [-0.2, 0) is 9.53 Å². The van der Waals surface area contributed by atoms with Crippen LogP contribution >= 0.6 is 11.3 Å². The summed E-state index contributed by atoms with van der Waals surface area (Å²) in [6.45, 7) is 6.52. The molecule has 2 fully saturated rings. The van der Waals surface area contributed by atoms with E-state index in [1.54, 1.807) is 17.6 Å². The van der Waals surface area contributed by atoms with Gasteiger partial charge in [0.25, 0.3) is 0 Å². The van der Waals surface area contributed by atoms with Crippen molar-refractivity contribution in [3.63, 3.8) is 0 Å². The molecule has 0 spiro atoms. The summed E-state index contributed by atoms with van der Waals surface area (Å²) < 4.78 is 5.37. The molecule has 3 heterocycles.